The summed E-state index contributed by atoms with van der Waals surface area (Å²) in [7, 11) is 0. The standard InChI is InChI=1S/C17H20N4O2/c1-4-21-8-7-14(20-21)16(23)18-11-5-6-13-12(9-11)17(2,3)10-15(22)19-13/h5-9H,4,10H2,1-3H3,(H,18,23)(H,19,22). The van der Waals surface area contributed by atoms with Crippen molar-refractivity contribution in [2.45, 2.75) is 39.2 Å². The number of aromatic nitrogens is 2. The number of amides is 2. The number of nitrogens with zero attached hydrogens (tertiary/aromatic N) is 2. The molecule has 6 heteroatoms. The molecule has 2 heterocycles. The van der Waals surface area contributed by atoms with Crippen LogP contribution in [0.2, 0.25) is 0 Å². The van der Waals surface area contributed by atoms with Gasteiger partial charge >= 0.3 is 0 Å². The zero-order valence-corrected chi connectivity index (χ0v) is 13.5. The highest BCUT2D eigenvalue weighted by molar-refractivity contribution is 6.03. The molecule has 1 aliphatic heterocycles. The van der Waals surface area contributed by atoms with E-state index in [1.807, 2.05) is 32.9 Å². The molecule has 0 saturated carbocycles. The number of nitrogens with one attached hydrogen (secondary N) is 2. The molecule has 0 bridgehead atoms. The molecule has 2 N–H and O–H groups in total. The normalized spacial score (nSPS) is 15.7. The van der Waals surface area contributed by atoms with Gasteiger partial charge in [0.15, 0.2) is 5.69 Å². The van der Waals surface area contributed by atoms with Gasteiger partial charge in [0.05, 0.1) is 0 Å². The molecule has 0 radical (unpaired) electrons. The van der Waals surface area contributed by atoms with Crippen LogP contribution in [-0.2, 0) is 16.8 Å². The smallest absolute Gasteiger partial charge is 0.276 e. The lowest BCUT2D eigenvalue weighted by atomic mass is 9.78. The van der Waals surface area contributed by atoms with E-state index in [1.165, 1.54) is 0 Å². The summed E-state index contributed by atoms with van der Waals surface area (Å²) in [4.78, 5) is 24.0. The van der Waals surface area contributed by atoms with Crippen molar-refractivity contribution in [3.8, 4) is 0 Å². The Morgan fingerprint density at radius 3 is 2.87 bits per heavy atom. The van der Waals surface area contributed by atoms with Gasteiger partial charge in [-0.15, -0.1) is 0 Å². The number of carbonyl (C=O) groups excluding carboxylic acids is 2. The molecule has 120 valence electrons. The molecule has 0 atom stereocenters. The molecule has 6 nitrogen and oxygen atoms in total. The number of hydrogen-bond donors (Lipinski definition) is 2. The molecule has 1 aromatic carbocycles. The molecule has 0 fully saturated rings. The summed E-state index contributed by atoms with van der Waals surface area (Å²) in [5, 5.41) is 9.94. The molecule has 0 spiro atoms. The third-order valence-electron chi connectivity index (χ3n) is 4.08. The third-order valence-corrected chi connectivity index (χ3v) is 4.08. The van der Waals surface area contributed by atoms with E-state index in [-0.39, 0.29) is 17.2 Å². The Hall–Kier alpha value is -2.63. The van der Waals surface area contributed by atoms with Crippen LogP contribution in [0.1, 0.15) is 43.2 Å². The Balaban J connectivity index is 1.84. The number of rotatable bonds is 3. The van der Waals surface area contributed by atoms with Crippen molar-refractivity contribution in [1.29, 1.82) is 0 Å². The van der Waals surface area contributed by atoms with E-state index >= 15 is 0 Å². The highest BCUT2D eigenvalue weighted by Gasteiger charge is 2.32. The maximum Gasteiger partial charge on any atom is 0.276 e. The average Bonchev–Trinajstić information content (AvgIpc) is 2.96. The molecule has 2 amide bonds. The van der Waals surface area contributed by atoms with Crippen LogP contribution in [0.3, 0.4) is 0 Å². The molecular formula is C17H20N4O2. The van der Waals surface area contributed by atoms with Crippen molar-refractivity contribution in [3.63, 3.8) is 0 Å². The minimum Gasteiger partial charge on any atom is -0.326 e. The van der Waals surface area contributed by atoms with Crippen molar-refractivity contribution >= 4 is 23.2 Å². The number of aryl methyl sites for hydroxylation is 1. The first-order valence-electron chi connectivity index (χ1n) is 7.68. The zero-order valence-electron chi connectivity index (χ0n) is 13.5. The van der Waals surface area contributed by atoms with Crippen molar-refractivity contribution < 1.29 is 9.59 Å². The maximum absolute atomic E-state index is 12.3. The van der Waals surface area contributed by atoms with Gasteiger partial charge in [0.1, 0.15) is 0 Å². The Kier molecular flexibility index (Phi) is 3.67. The van der Waals surface area contributed by atoms with Crippen LogP contribution in [0.25, 0.3) is 0 Å². The van der Waals surface area contributed by atoms with E-state index in [9.17, 15) is 9.59 Å². The first-order chi connectivity index (χ1) is 10.9. The molecule has 3 rings (SSSR count). The topological polar surface area (TPSA) is 76.0 Å². The first-order valence-corrected chi connectivity index (χ1v) is 7.68. The molecular weight excluding hydrogens is 292 g/mol. The second-order valence-electron chi connectivity index (χ2n) is 6.38. The van der Waals surface area contributed by atoms with E-state index in [1.54, 1.807) is 23.0 Å². The van der Waals surface area contributed by atoms with E-state index in [4.69, 9.17) is 0 Å². The molecule has 0 aliphatic carbocycles. The SMILES string of the molecule is CCn1ccc(C(=O)Nc2ccc3c(c2)C(C)(C)CC(=O)N3)n1. The van der Waals surface area contributed by atoms with Gasteiger partial charge in [-0.05, 0) is 36.8 Å². The van der Waals surface area contributed by atoms with Crippen molar-refractivity contribution in [2.24, 2.45) is 0 Å². The number of anilines is 2. The Morgan fingerprint density at radius 2 is 2.17 bits per heavy atom. The number of carbonyl (C=O) groups is 2. The van der Waals surface area contributed by atoms with Gasteiger partial charge < -0.3 is 10.6 Å². The maximum atomic E-state index is 12.3. The van der Waals surface area contributed by atoms with Crippen LogP contribution >= 0.6 is 0 Å². The molecule has 0 saturated heterocycles. The molecule has 1 aliphatic rings. The summed E-state index contributed by atoms with van der Waals surface area (Å²) in [6, 6.07) is 7.23. The summed E-state index contributed by atoms with van der Waals surface area (Å²) in [6.07, 6.45) is 2.21. The fourth-order valence-corrected chi connectivity index (χ4v) is 2.84. The van der Waals surface area contributed by atoms with Crippen LogP contribution in [0.5, 0.6) is 0 Å². The lowest BCUT2D eigenvalue weighted by Gasteiger charge is -2.32. The zero-order chi connectivity index (χ0) is 16.6. The molecule has 1 aromatic heterocycles. The second kappa shape index (κ2) is 5.53. The predicted octanol–water partition coefficient (Wildman–Crippen LogP) is 2.78. The fourth-order valence-electron chi connectivity index (χ4n) is 2.84. The summed E-state index contributed by atoms with van der Waals surface area (Å²) < 4.78 is 1.71. The summed E-state index contributed by atoms with van der Waals surface area (Å²) in [5.41, 5.74) is 2.65. The van der Waals surface area contributed by atoms with Gasteiger partial charge in [0.25, 0.3) is 5.91 Å². The minimum atomic E-state index is -0.262. The highest BCUT2D eigenvalue weighted by atomic mass is 16.2. The fraction of sp³-hybridized carbons (Fsp3) is 0.353. The van der Waals surface area contributed by atoms with Crippen LogP contribution < -0.4 is 10.6 Å². The van der Waals surface area contributed by atoms with Crippen molar-refractivity contribution in [1.82, 2.24) is 9.78 Å². The molecule has 0 unspecified atom stereocenters. The number of benzene rings is 1. The number of hydrogen-bond acceptors (Lipinski definition) is 3. The minimum absolute atomic E-state index is 0.0180. The number of fused-ring (bicyclic) bond motifs is 1. The van der Waals surface area contributed by atoms with Crippen LogP contribution in [-0.4, -0.2) is 21.6 Å². The molecule has 23 heavy (non-hydrogen) atoms. The van der Waals surface area contributed by atoms with Crippen molar-refractivity contribution in [3.05, 3.63) is 41.7 Å². The summed E-state index contributed by atoms with van der Waals surface area (Å²) in [5.74, 6) is -0.223. The summed E-state index contributed by atoms with van der Waals surface area (Å²) >= 11 is 0. The Labute approximate surface area is 134 Å². The molecule has 2 aromatic rings. The van der Waals surface area contributed by atoms with E-state index in [0.29, 0.717) is 17.8 Å². The highest BCUT2D eigenvalue weighted by Crippen LogP contribution is 2.38. The van der Waals surface area contributed by atoms with Crippen LogP contribution in [0.4, 0.5) is 11.4 Å². The quantitative estimate of drug-likeness (QED) is 0.915. The van der Waals surface area contributed by atoms with E-state index < -0.39 is 0 Å². The predicted molar refractivity (Wildman–Crippen MR) is 88.6 cm³/mol. The van der Waals surface area contributed by atoms with Gasteiger partial charge in [-0.25, -0.2) is 0 Å². The third kappa shape index (κ3) is 2.97. The first kappa shape index (κ1) is 15.3. The lowest BCUT2D eigenvalue weighted by Crippen LogP contribution is -2.32. The monoisotopic (exact) mass is 312 g/mol. The van der Waals surface area contributed by atoms with Crippen molar-refractivity contribution in [2.75, 3.05) is 10.6 Å². The van der Waals surface area contributed by atoms with Gasteiger partial charge in [0.2, 0.25) is 5.91 Å². The second-order valence-corrected chi connectivity index (χ2v) is 6.38. The van der Waals surface area contributed by atoms with E-state index in [2.05, 4.69) is 15.7 Å². The van der Waals surface area contributed by atoms with E-state index in [0.717, 1.165) is 17.8 Å². The van der Waals surface area contributed by atoms with Gasteiger partial charge in [0, 0.05) is 36.0 Å². The van der Waals surface area contributed by atoms with Crippen LogP contribution in [0.15, 0.2) is 30.5 Å². The van der Waals surface area contributed by atoms with Crippen LogP contribution in [0, 0.1) is 0 Å². The summed E-state index contributed by atoms with van der Waals surface area (Å²) in [6.45, 7) is 6.74. The largest absolute Gasteiger partial charge is 0.326 e. The van der Waals surface area contributed by atoms with Gasteiger partial charge in [-0.3, -0.25) is 14.3 Å². The lowest BCUT2D eigenvalue weighted by molar-refractivity contribution is -0.117. The average molecular weight is 312 g/mol. The van der Waals surface area contributed by atoms with Gasteiger partial charge in [-0.2, -0.15) is 5.10 Å². The van der Waals surface area contributed by atoms with Gasteiger partial charge in [-0.1, -0.05) is 13.8 Å². The Bertz CT molecular complexity index is 777. The Morgan fingerprint density at radius 1 is 1.39 bits per heavy atom.